The van der Waals surface area contributed by atoms with Gasteiger partial charge in [-0.3, -0.25) is 0 Å². The molecule has 0 radical (unpaired) electrons. The summed E-state index contributed by atoms with van der Waals surface area (Å²) in [6.07, 6.45) is 0. The maximum absolute atomic E-state index is 10.9. The lowest BCUT2D eigenvalue weighted by atomic mass is 10.1. The van der Waals surface area contributed by atoms with Crippen LogP contribution in [-0.4, -0.2) is 18.2 Å². The first-order valence-corrected chi connectivity index (χ1v) is 6.12. The molecule has 0 unspecified atom stereocenters. The van der Waals surface area contributed by atoms with Gasteiger partial charge in [-0.1, -0.05) is 0 Å². The molecule has 0 fully saturated rings. The Labute approximate surface area is 126 Å². The summed E-state index contributed by atoms with van der Waals surface area (Å²) >= 11 is 0. The fourth-order valence-corrected chi connectivity index (χ4v) is 1.79. The number of benzene rings is 2. The Balaban J connectivity index is 2.37. The van der Waals surface area contributed by atoms with Gasteiger partial charge in [-0.15, -0.1) is 0 Å². The normalized spacial score (nSPS) is 9.41. The summed E-state index contributed by atoms with van der Waals surface area (Å²) in [7, 11) is 1.40. The molecule has 0 spiro atoms. The number of carboxylic acid groups (broad SMARTS) is 1. The summed E-state index contributed by atoms with van der Waals surface area (Å²) in [4.78, 5) is 10.9. The Morgan fingerprint density at radius 2 is 1.77 bits per heavy atom. The van der Waals surface area contributed by atoms with Gasteiger partial charge in [0.1, 0.15) is 17.9 Å². The van der Waals surface area contributed by atoms with Crippen molar-refractivity contribution >= 4 is 5.97 Å². The van der Waals surface area contributed by atoms with E-state index < -0.39 is 5.97 Å². The SMILES string of the molecule is COc1cc(C(=O)O)ccc1Oc1ccc(C#N)c(C#N)c1. The average molecular weight is 294 g/mol. The van der Waals surface area contributed by atoms with Gasteiger partial charge in [0.2, 0.25) is 0 Å². The van der Waals surface area contributed by atoms with Gasteiger partial charge in [0, 0.05) is 0 Å². The second-order valence-corrected chi connectivity index (χ2v) is 4.20. The first kappa shape index (κ1) is 14.9. The number of nitrogens with zero attached hydrogens (tertiary/aromatic N) is 2. The molecule has 22 heavy (non-hydrogen) atoms. The zero-order valence-electron chi connectivity index (χ0n) is 11.5. The quantitative estimate of drug-likeness (QED) is 0.929. The minimum absolute atomic E-state index is 0.0711. The van der Waals surface area contributed by atoms with E-state index in [1.54, 1.807) is 6.07 Å². The number of methoxy groups -OCH3 is 1. The third kappa shape index (κ3) is 2.97. The zero-order chi connectivity index (χ0) is 16.1. The number of carboxylic acids is 1. The first-order valence-electron chi connectivity index (χ1n) is 6.12. The molecule has 6 heteroatoms. The lowest BCUT2D eigenvalue weighted by molar-refractivity contribution is 0.0696. The molecule has 1 N–H and O–H groups in total. The zero-order valence-corrected chi connectivity index (χ0v) is 11.5. The molecule has 0 amide bonds. The van der Waals surface area contributed by atoms with Crippen LogP contribution in [0.1, 0.15) is 21.5 Å². The summed E-state index contributed by atoms with van der Waals surface area (Å²) in [5, 5.41) is 26.8. The molecule has 2 rings (SSSR count). The molecule has 0 saturated carbocycles. The molecule has 0 aromatic heterocycles. The van der Waals surface area contributed by atoms with Crippen molar-refractivity contribution < 1.29 is 19.4 Å². The van der Waals surface area contributed by atoms with Gasteiger partial charge >= 0.3 is 5.97 Å². The molecule has 2 aromatic carbocycles. The third-order valence-electron chi connectivity index (χ3n) is 2.87. The van der Waals surface area contributed by atoms with Crippen molar-refractivity contribution in [1.82, 2.24) is 0 Å². The average Bonchev–Trinajstić information content (AvgIpc) is 2.54. The number of hydrogen-bond acceptors (Lipinski definition) is 5. The van der Waals surface area contributed by atoms with Gasteiger partial charge in [-0.05, 0) is 36.4 Å². The molecule has 0 atom stereocenters. The Hall–Kier alpha value is -3.51. The van der Waals surface area contributed by atoms with Crippen molar-refractivity contribution in [3.63, 3.8) is 0 Å². The Morgan fingerprint density at radius 3 is 2.36 bits per heavy atom. The lowest BCUT2D eigenvalue weighted by Gasteiger charge is -2.11. The van der Waals surface area contributed by atoms with Crippen LogP contribution in [0.15, 0.2) is 36.4 Å². The third-order valence-corrected chi connectivity index (χ3v) is 2.87. The van der Waals surface area contributed by atoms with E-state index in [-0.39, 0.29) is 22.4 Å². The number of hydrogen-bond donors (Lipinski definition) is 1. The first-order chi connectivity index (χ1) is 10.6. The second kappa shape index (κ2) is 6.29. The molecule has 2 aromatic rings. The molecule has 0 aliphatic carbocycles. The van der Waals surface area contributed by atoms with Crippen molar-refractivity contribution in [2.75, 3.05) is 7.11 Å². The van der Waals surface area contributed by atoms with Gasteiger partial charge in [-0.25, -0.2) is 4.79 Å². The minimum Gasteiger partial charge on any atom is -0.493 e. The topological polar surface area (TPSA) is 103 Å². The van der Waals surface area contributed by atoms with E-state index in [9.17, 15) is 4.79 Å². The van der Waals surface area contributed by atoms with Crippen molar-refractivity contribution in [3.05, 3.63) is 53.1 Å². The van der Waals surface area contributed by atoms with Crippen LogP contribution < -0.4 is 9.47 Å². The van der Waals surface area contributed by atoms with Crippen molar-refractivity contribution in [2.45, 2.75) is 0 Å². The standard InChI is InChI=1S/C16H10N2O4/c1-21-15-7-10(16(19)20)3-5-14(15)22-13-4-2-11(8-17)12(6-13)9-18/h2-7H,1H3,(H,19,20). The highest BCUT2D eigenvalue weighted by Gasteiger charge is 2.12. The van der Waals surface area contributed by atoms with Gasteiger partial charge in [-0.2, -0.15) is 10.5 Å². The van der Waals surface area contributed by atoms with E-state index in [1.807, 2.05) is 12.1 Å². The second-order valence-electron chi connectivity index (χ2n) is 4.20. The van der Waals surface area contributed by atoms with E-state index >= 15 is 0 Å². The van der Waals surface area contributed by atoms with Crippen LogP contribution in [0.2, 0.25) is 0 Å². The van der Waals surface area contributed by atoms with Gasteiger partial charge in [0.05, 0.1) is 23.8 Å². The largest absolute Gasteiger partial charge is 0.493 e. The van der Waals surface area contributed by atoms with E-state index in [4.69, 9.17) is 25.1 Å². The lowest BCUT2D eigenvalue weighted by Crippen LogP contribution is -1.98. The molecule has 0 saturated heterocycles. The molecular weight excluding hydrogens is 284 g/mol. The fraction of sp³-hybridized carbons (Fsp3) is 0.0625. The summed E-state index contributed by atoms with van der Waals surface area (Å²) < 4.78 is 10.7. The summed E-state index contributed by atoms with van der Waals surface area (Å²) in [5.74, 6) is -0.171. The summed E-state index contributed by atoms with van der Waals surface area (Å²) in [6.45, 7) is 0. The van der Waals surface area contributed by atoms with Crippen LogP contribution in [0.5, 0.6) is 17.2 Å². The Morgan fingerprint density at radius 1 is 1.05 bits per heavy atom. The predicted molar refractivity (Wildman–Crippen MR) is 75.9 cm³/mol. The molecule has 6 nitrogen and oxygen atoms in total. The van der Waals surface area contributed by atoms with Crippen LogP contribution in [0.25, 0.3) is 0 Å². The van der Waals surface area contributed by atoms with Crippen LogP contribution in [0, 0.1) is 22.7 Å². The molecule has 0 heterocycles. The summed E-state index contributed by atoms with van der Waals surface area (Å²) in [5.41, 5.74) is 0.519. The van der Waals surface area contributed by atoms with Crippen LogP contribution in [0.4, 0.5) is 0 Å². The van der Waals surface area contributed by atoms with Gasteiger partial charge in [0.25, 0.3) is 0 Å². The molecule has 0 aliphatic rings. The van der Waals surface area contributed by atoms with E-state index in [0.29, 0.717) is 11.5 Å². The highest BCUT2D eigenvalue weighted by atomic mass is 16.5. The van der Waals surface area contributed by atoms with E-state index in [1.165, 1.54) is 37.4 Å². The fourth-order valence-electron chi connectivity index (χ4n) is 1.79. The van der Waals surface area contributed by atoms with Crippen molar-refractivity contribution in [1.29, 1.82) is 10.5 Å². The number of rotatable bonds is 4. The monoisotopic (exact) mass is 294 g/mol. The molecule has 108 valence electrons. The van der Waals surface area contributed by atoms with E-state index in [0.717, 1.165) is 0 Å². The maximum Gasteiger partial charge on any atom is 0.335 e. The molecule has 0 aliphatic heterocycles. The smallest absolute Gasteiger partial charge is 0.335 e. The predicted octanol–water partition coefficient (Wildman–Crippen LogP) is 2.93. The minimum atomic E-state index is -1.07. The highest BCUT2D eigenvalue weighted by molar-refractivity contribution is 5.88. The Bertz CT molecular complexity index is 816. The number of carbonyl (C=O) groups is 1. The van der Waals surface area contributed by atoms with E-state index in [2.05, 4.69) is 0 Å². The van der Waals surface area contributed by atoms with Crippen LogP contribution in [-0.2, 0) is 0 Å². The number of aromatic carboxylic acids is 1. The number of nitriles is 2. The highest BCUT2D eigenvalue weighted by Crippen LogP contribution is 2.33. The maximum atomic E-state index is 10.9. The summed E-state index contributed by atoms with van der Waals surface area (Å²) in [6, 6.07) is 12.5. The molecular formula is C16H10N2O4. The van der Waals surface area contributed by atoms with Crippen molar-refractivity contribution in [2.24, 2.45) is 0 Å². The van der Waals surface area contributed by atoms with Gasteiger partial charge in [0.15, 0.2) is 11.5 Å². The Kier molecular flexibility index (Phi) is 4.26. The van der Waals surface area contributed by atoms with Crippen LogP contribution in [0.3, 0.4) is 0 Å². The van der Waals surface area contributed by atoms with Crippen molar-refractivity contribution in [3.8, 4) is 29.4 Å². The van der Waals surface area contributed by atoms with Crippen LogP contribution >= 0.6 is 0 Å². The molecule has 0 bridgehead atoms. The van der Waals surface area contributed by atoms with Gasteiger partial charge < -0.3 is 14.6 Å². The number of ether oxygens (including phenoxy) is 2.